The second-order valence-corrected chi connectivity index (χ2v) is 8.88. The van der Waals surface area contributed by atoms with Crippen LogP contribution in [0.1, 0.15) is 58.3 Å². The largest absolute Gasteiger partial charge is 0.371 e. The molecule has 2 unspecified atom stereocenters. The molecule has 0 aromatic carbocycles. The van der Waals surface area contributed by atoms with Crippen molar-refractivity contribution < 1.29 is 4.74 Å². The molecular weight excluding hydrogens is 400 g/mol. The van der Waals surface area contributed by atoms with Crippen molar-refractivity contribution >= 4 is 5.95 Å². The Balaban J connectivity index is 1.45. The molecule has 1 heterocycles. The third kappa shape index (κ3) is 6.83. The molecule has 2 saturated carbocycles. The SMILES string of the molecule is C=C(COC/C=C1\CCCCC1/C=C/C=C/C(C)C1(CC#CN)CCC1)Nc1nn[nH]n1. The molecule has 172 valence electrons. The third-order valence-corrected chi connectivity index (χ3v) is 6.79. The maximum absolute atomic E-state index is 5.76. The van der Waals surface area contributed by atoms with Gasteiger partial charge in [-0.05, 0) is 54.6 Å². The maximum atomic E-state index is 5.76. The van der Waals surface area contributed by atoms with Gasteiger partial charge in [-0.2, -0.15) is 5.21 Å². The Hall–Kier alpha value is -2.85. The molecule has 4 N–H and O–H groups in total. The number of aromatic amines is 1. The molecule has 2 atom stereocenters. The number of nitrogens with two attached hydrogens (primary N) is 1. The summed E-state index contributed by atoms with van der Waals surface area (Å²) in [5.41, 5.74) is 7.89. The summed E-state index contributed by atoms with van der Waals surface area (Å²) >= 11 is 0. The van der Waals surface area contributed by atoms with E-state index in [-0.39, 0.29) is 0 Å². The summed E-state index contributed by atoms with van der Waals surface area (Å²) in [6.07, 6.45) is 20.9. The second-order valence-electron chi connectivity index (χ2n) is 8.88. The molecule has 0 saturated heterocycles. The fourth-order valence-corrected chi connectivity index (χ4v) is 4.58. The molecule has 0 radical (unpaired) electrons. The van der Waals surface area contributed by atoms with Crippen LogP contribution in [-0.2, 0) is 4.74 Å². The summed E-state index contributed by atoms with van der Waals surface area (Å²) in [6, 6.07) is 2.58. The Morgan fingerprint density at radius 3 is 2.97 bits per heavy atom. The molecule has 32 heavy (non-hydrogen) atoms. The molecule has 0 amide bonds. The molecule has 0 spiro atoms. The zero-order chi connectivity index (χ0) is 22.7. The van der Waals surface area contributed by atoms with Gasteiger partial charge in [0.2, 0.25) is 0 Å². The van der Waals surface area contributed by atoms with E-state index >= 15 is 0 Å². The number of hydrogen-bond acceptors (Lipinski definition) is 6. The monoisotopic (exact) mass is 436 g/mol. The van der Waals surface area contributed by atoms with Gasteiger partial charge in [0.15, 0.2) is 0 Å². The van der Waals surface area contributed by atoms with Crippen LogP contribution in [0.15, 0.2) is 48.2 Å². The highest BCUT2D eigenvalue weighted by atomic mass is 16.5. The van der Waals surface area contributed by atoms with Crippen molar-refractivity contribution in [3.63, 3.8) is 0 Å². The fraction of sp³-hybridized carbons (Fsp3) is 0.560. The number of tetrazole rings is 1. The Labute approximate surface area is 191 Å². The van der Waals surface area contributed by atoms with E-state index in [2.05, 4.69) is 81.8 Å². The average molecular weight is 437 g/mol. The molecule has 0 bridgehead atoms. The highest BCUT2D eigenvalue weighted by Crippen LogP contribution is 2.50. The lowest BCUT2D eigenvalue weighted by atomic mass is 9.60. The van der Waals surface area contributed by atoms with Crippen LogP contribution < -0.4 is 11.1 Å². The van der Waals surface area contributed by atoms with Crippen LogP contribution in [0.5, 0.6) is 0 Å². The Morgan fingerprint density at radius 1 is 1.38 bits per heavy atom. The van der Waals surface area contributed by atoms with Crippen LogP contribution in [0.4, 0.5) is 5.95 Å². The molecule has 3 rings (SSSR count). The van der Waals surface area contributed by atoms with Crippen LogP contribution >= 0.6 is 0 Å². The van der Waals surface area contributed by atoms with Gasteiger partial charge in [0.1, 0.15) is 0 Å². The summed E-state index contributed by atoms with van der Waals surface area (Å²) in [5.74, 6) is 4.51. The van der Waals surface area contributed by atoms with E-state index in [0.29, 0.717) is 42.1 Å². The number of allylic oxidation sites excluding steroid dienone is 5. The molecule has 2 aliphatic rings. The van der Waals surface area contributed by atoms with E-state index in [9.17, 15) is 0 Å². The zero-order valence-electron chi connectivity index (χ0n) is 19.1. The van der Waals surface area contributed by atoms with Crippen molar-refractivity contribution in [3.8, 4) is 12.0 Å². The second kappa shape index (κ2) is 12.3. The van der Waals surface area contributed by atoms with Crippen LogP contribution in [0.25, 0.3) is 0 Å². The predicted octanol–water partition coefficient (Wildman–Crippen LogP) is 4.49. The van der Waals surface area contributed by atoms with Gasteiger partial charge in [0, 0.05) is 18.2 Å². The number of nitrogens with zero attached hydrogens (tertiary/aromatic N) is 3. The first-order valence-electron chi connectivity index (χ1n) is 11.6. The molecule has 1 aromatic heterocycles. The smallest absolute Gasteiger partial charge is 0.267 e. The van der Waals surface area contributed by atoms with Gasteiger partial charge in [0.25, 0.3) is 5.95 Å². The fourth-order valence-electron chi connectivity index (χ4n) is 4.58. The summed E-state index contributed by atoms with van der Waals surface area (Å²) in [7, 11) is 0. The lowest BCUT2D eigenvalue weighted by Crippen LogP contribution is -2.34. The van der Waals surface area contributed by atoms with E-state index in [1.807, 2.05) is 0 Å². The third-order valence-electron chi connectivity index (χ3n) is 6.79. The van der Waals surface area contributed by atoms with Gasteiger partial charge in [-0.25, -0.2) is 0 Å². The molecule has 2 aliphatic carbocycles. The first-order valence-corrected chi connectivity index (χ1v) is 11.6. The van der Waals surface area contributed by atoms with E-state index in [0.717, 1.165) is 12.8 Å². The average Bonchev–Trinajstić information content (AvgIpc) is 3.27. The van der Waals surface area contributed by atoms with Crippen molar-refractivity contribution in [2.75, 3.05) is 18.5 Å². The van der Waals surface area contributed by atoms with Crippen molar-refractivity contribution in [2.45, 2.75) is 58.3 Å². The lowest BCUT2D eigenvalue weighted by molar-refractivity contribution is 0.0905. The summed E-state index contributed by atoms with van der Waals surface area (Å²) < 4.78 is 5.76. The zero-order valence-corrected chi connectivity index (χ0v) is 19.1. The van der Waals surface area contributed by atoms with E-state index in [1.54, 1.807) is 0 Å². The van der Waals surface area contributed by atoms with Crippen LogP contribution in [-0.4, -0.2) is 33.8 Å². The van der Waals surface area contributed by atoms with Crippen LogP contribution in [0, 0.1) is 29.2 Å². The number of nitrogens with one attached hydrogen (secondary N) is 2. The number of rotatable bonds is 11. The minimum absolute atomic E-state index is 0.326. The lowest BCUT2D eigenvalue weighted by Gasteiger charge is -2.44. The molecule has 1 aromatic rings. The minimum atomic E-state index is 0.326. The first kappa shape index (κ1) is 23.8. The molecular formula is C25H36N6O. The van der Waals surface area contributed by atoms with Crippen LogP contribution in [0.3, 0.4) is 0 Å². The van der Waals surface area contributed by atoms with Gasteiger partial charge in [-0.1, -0.05) is 73.3 Å². The number of hydrogen-bond donors (Lipinski definition) is 3. The first-order chi connectivity index (χ1) is 15.6. The van der Waals surface area contributed by atoms with Gasteiger partial charge in [0.05, 0.1) is 13.2 Å². The topological polar surface area (TPSA) is 102 Å². The minimum Gasteiger partial charge on any atom is -0.371 e. The van der Waals surface area contributed by atoms with Gasteiger partial charge in [-0.3, -0.25) is 0 Å². The normalized spacial score (nSPS) is 22.4. The van der Waals surface area contributed by atoms with E-state index < -0.39 is 0 Å². The summed E-state index contributed by atoms with van der Waals surface area (Å²) in [5, 5.41) is 16.5. The predicted molar refractivity (Wildman–Crippen MR) is 128 cm³/mol. The van der Waals surface area contributed by atoms with E-state index in [4.69, 9.17) is 10.5 Å². The number of anilines is 1. The summed E-state index contributed by atoms with van der Waals surface area (Å²) in [4.78, 5) is 0. The highest BCUT2D eigenvalue weighted by molar-refractivity contribution is 5.30. The maximum Gasteiger partial charge on any atom is 0.267 e. The Bertz CT molecular complexity index is 870. The quantitative estimate of drug-likeness (QED) is 0.155. The van der Waals surface area contributed by atoms with Crippen molar-refractivity contribution in [2.24, 2.45) is 23.0 Å². The molecule has 2 fully saturated rings. The summed E-state index contributed by atoms with van der Waals surface area (Å²) in [6.45, 7) is 7.21. The van der Waals surface area contributed by atoms with E-state index in [1.165, 1.54) is 44.1 Å². The van der Waals surface area contributed by atoms with Crippen LogP contribution in [0.2, 0.25) is 0 Å². The molecule has 7 nitrogen and oxygen atoms in total. The molecule has 0 aliphatic heterocycles. The van der Waals surface area contributed by atoms with Crippen molar-refractivity contribution in [1.29, 1.82) is 0 Å². The number of aromatic nitrogens is 4. The van der Waals surface area contributed by atoms with Gasteiger partial charge >= 0.3 is 0 Å². The molecule has 7 heteroatoms. The Morgan fingerprint density at radius 2 is 2.25 bits per heavy atom. The van der Waals surface area contributed by atoms with Crippen molar-refractivity contribution in [3.05, 3.63) is 48.2 Å². The van der Waals surface area contributed by atoms with Gasteiger partial charge < -0.3 is 15.8 Å². The number of H-pyrrole nitrogens is 1. The number of ether oxygens (including phenoxy) is 1. The standard InChI is InChI=1S/C25H36N6O/c1-20(25(14-7-15-25)16-8-17-26)9-3-4-10-22-11-5-6-12-23(22)13-18-32-19-21(2)27-24-28-30-31-29-24/h3-4,9-10,13,20,22H,2,5-7,11-12,14-16,18-19,26H2,1H3,(H2,27,28,29,30,31)/b9-3+,10-4+,23-13+. The van der Waals surface area contributed by atoms with Gasteiger partial charge in [-0.15, -0.1) is 5.10 Å². The Kier molecular flexibility index (Phi) is 9.12. The van der Waals surface area contributed by atoms with Crippen molar-refractivity contribution in [1.82, 2.24) is 20.6 Å². The highest BCUT2D eigenvalue weighted by Gasteiger charge is 2.39.